The van der Waals surface area contributed by atoms with E-state index in [-0.39, 0.29) is 0 Å². The summed E-state index contributed by atoms with van der Waals surface area (Å²) in [6.45, 7) is 0. The fraction of sp³-hybridized carbons (Fsp3) is 0.889. The van der Waals surface area contributed by atoms with E-state index in [1.807, 2.05) is 7.05 Å². The van der Waals surface area contributed by atoms with Gasteiger partial charge in [0.15, 0.2) is 0 Å². The third-order valence-electron chi connectivity index (χ3n) is 2.25. The van der Waals surface area contributed by atoms with Gasteiger partial charge in [-0.05, 0) is 25.7 Å². The van der Waals surface area contributed by atoms with E-state index >= 15 is 0 Å². The van der Waals surface area contributed by atoms with Crippen LogP contribution in [0.2, 0.25) is 0 Å². The van der Waals surface area contributed by atoms with Crippen molar-refractivity contribution in [3.8, 4) is 0 Å². The summed E-state index contributed by atoms with van der Waals surface area (Å²) in [5, 5.41) is 2.93. The smallest absolute Gasteiger partial charge is 0.284 e. The molecular formula is C9H18N2O. The molecule has 1 aliphatic rings. The second-order valence-electron chi connectivity index (χ2n) is 3.16. The number of nitrogens with one attached hydrogen (secondary N) is 1. The fourth-order valence-corrected chi connectivity index (χ4v) is 1.56. The molecule has 0 atom stereocenters. The van der Waals surface area contributed by atoms with Gasteiger partial charge in [-0.3, -0.25) is 0 Å². The summed E-state index contributed by atoms with van der Waals surface area (Å²) >= 11 is 0. The first kappa shape index (κ1) is 9.36. The van der Waals surface area contributed by atoms with Crippen LogP contribution < -0.4 is 5.32 Å². The first-order valence-corrected chi connectivity index (χ1v) is 4.68. The lowest BCUT2D eigenvalue weighted by Crippen LogP contribution is -2.28. The molecule has 0 aromatic rings. The molecule has 0 heterocycles. The van der Waals surface area contributed by atoms with E-state index in [2.05, 4.69) is 10.3 Å². The predicted octanol–water partition coefficient (Wildman–Crippen LogP) is 1.54. The first-order valence-electron chi connectivity index (χ1n) is 4.68. The lowest BCUT2D eigenvalue weighted by Gasteiger charge is -2.23. The molecule has 3 heteroatoms. The van der Waals surface area contributed by atoms with Crippen molar-refractivity contribution in [3.63, 3.8) is 0 Å². The van der Waals surface area contributed by atoms with Gasteiger partial charge in [-0.1, -0.05) is 6.42 Å². The van der Waals surface area contributed by atoms with Gasteiger partial charge in [-0.15, -0.1) is 0 Å². The summed E-state index contributed by atoms with van der Waals surface area (Å²) in [5.41, 5.74) is 0. The largest absolute Gasteiger partial charge is 0.462 e. The second-order valence-corrected chi connectivity index (χ2v) is 3.16. The van der Waals surface area contributed by atoms with Crippen molar-refractivity contribution < 1.29 is 4.74 Å². The van der Waals surface area contributed by atoms with E-state index < -0.39 is 0 Å². The molecular weight excluding hydrogens is 152 g/mol. The average Bonchev–Trinajstić information content (AvgIpc) is 2.16. The van der Waals surface area contributed by atoms with Gasteiger partial charge in [0, 0.05) is 14.1 Å². The molecule has 0 radical (unpaired) electrons. The number of hydrogen-bond acceptors (Lipinski definition) is 2. The van der Waals surface area contributed by atoms with Crippen LogP contribution >= 0.6 is 0 Å². The molecule has 3 nitrogen and oxygen atoms in total. The Balaban J connectivity index is 2.28. The van der Waals surface area contributed by atoms with Crippen molar-refractivity contribution in [2.75, 3.05) is 14.1 Å². The Bertz CT molecular complexity index is 151. The molecule has 0 aliphatic heterocycles. The molecule has 0 bridgehead atoms. The van der Waals surface area contributed by atoms with Crippen LogP contribution in [-0.2, 0) is 4.74 Å². The van der Waals surface area contributed by atoms with Crippen LogP contribution in [0.1, 0.15) is 32.1 Å². The Morgan fingerprint density at radius 2 is 2.00 bits per heavy atom. The van der Waals surface area contributed by atoms with Crippen LogP contribution in [0, 0.1) is 0 Å². The van der Waals surface area contributed by atoms with Crippen molar-refractivity contribution in [2.45, 2.75) is 38.2 Å². The monoisotopic (exact) mass is 170 g/mol. The van der Waals surface area contributed by atoms with Gasteiger partial charge < -0.3 is 10.1 Å². The maximum Gasteiger partial charge on any atom is 0.284 e. The van der Waals surface area contributed by atoms with E-state index in [1.54, 1.807) is 7.05 Å². The van der Waals surface area contributed by atoms with Gasteiger partial charge >= 0.3 is 0 Å². The molecule has 1 saturated carbocycles. The third kappa shape index (κ3) is 2.72. The number of aliphatic imine (C=N–C) groups is 1. The zero-order valence-electron chi connectivity index (χ0n) is 7.97. The Morgan fingerprint density at radius 3 is 2.50 bits per heavy atom. The number of nitrogens with zero attached hydrogens (tertiary/aromatic N) is 1. The van der Waals surface area contributed by atoms with E-state index in [0.717, 1.165) is 0 Å². The summed E-state index contributed by atoms with van der Waals surface area (Å²) in [6, 6.07) is 0.668. The van der Waals surface area contributed by atoms with Gasteiger partial charge in [0.05, 0.1) is 0 Å². The molecule has 1 N–H and O–H groups in total. The van der Waals surface area contributed by atoms with Crippen molar-refractivity contribution in [1.29, 1.82) is 0 Å². The van der Waals surface area contributed by atoms with Crippen LogP contribution in [0.15, 0.2) is 4.99 Å². The molecule has 0 unspecified atom stereocenters. The molecule has 1 rings (SSSR count). The molecule has 70 valence electrons. The van der Waals surface area contributed by atoms with E-state index in [1.165, 1.54) is 32.1 Å². The Hall–Kier alpha value is -0.730. The fourth-order valence-electron chi connectivity index (χ4n) is 1.56. The highest BCUT2D eigenvalue weighted by atomic mass is 16.5. The van der Waals surface area contributed by atoms with E-state index in [0.29, 0.717) is 12.1 Å². The first-order chi connectivity index (χ1) is 5.86. The van der Waals surface area contributed by atoms with Gasteiger partial charge in [0.2, 0.25) is 0 Å². The Kier molecular flexibility index (Phi) is 3.91. The lowest BCUT2D eigenvalue weighted by molar-refractivity contribution is 0.136. The van der Waals surface area contributed by atoms with Gasteiger partial charge in [-0.25, -0.2) is 4.99 Å². The molecule has 12 heavy (non-hydrogen) atoms. The van der Waals surface area contributed by atoms with Gasteiger partial charge in [0.25, 0.3) is 6.02 Å². The predicted molar refractivity (Wildman–Crippen MR) is 50.4 cm³/mol. The van der Waals surface area contributed by atoms with Crippen LogP contribution in [0.3, 0.4) is 0 Å². The van der Waals surface area contributed by atoms with E-state index in [4.69, 9.17) is 4.74 Å². The Labute approximate surface area is 74.2 Å². The minimum Gasteiger partial charge on any atom is -0.462 e. The standard InChI is InChI=1S/C9H18N2O/c1-10-9(11-2)12-8-6-4-3-5-7-8/h8H,3-7H2,1-2H3,(H,10,11). The molecule has 0 aromatic carbocycles. The Morgan fingerprint density at radius 1 is 1.33 bits per heavy atom. The van der Waals surface area contributed by atoms with Crippen molar-refractivity contribution in [3.05, 3.63) is 0 Å². The van der Waals surface area contributed by atoms with Crippen LogP contribution in [0.25, 0.3) is 0 Å². The zero-order chi connectivity index (χ0) is 8.81. The normalized spacial score (nSPS) is 20.7. The van der Waals surface area contributed by atoms with Gasteiger partial charge in [0.1, 0.15) is 6.10 Å². The second kappa shape index (κ2) is 5.01. The molecule has 1 fully saturated rings. The van der Waals surface area contributed by atoms with Crippen molar-refractivity contribution >= 4 is 6.02 Å². The quantitative estimate of drug-likeness (QED) is 0.478. The van der Waals surface area contributed by atoms with Crippen LogP contribution in [0.5, 0.6) is 0 Å². The zero-order valence-corrected chi connectivity index (χ0v) is 7.97. The summed E-state index contributed by atoms with van der Waals surface area (Å²) < 4.78 is 5.63. The topological polar surface area (TPSA) is 33.6 Å². The maximum atomic E-state index is 5.63. The number of rotatable bonds is 1. The average molecular weight is 170 g/mol. The van der Waals surface area contributed by atoms with Crippen LogP contribution in [-0.4, -0.2) is 26.2 Å². The highest BCUT2D eigenvalue weighted by Gasteiger charge is 2.15. The molecule has 0 saturated heterocycles. The minimum atomic E-state index is 0.393. The highest BCUT2D eigenvalue weighted by molar-refractivity contribution is 5.73. The molecule has 0 spiro atoms. The molecule has 1 aliphatic carbocycles. The van der Waals surface area contributed by atoms with Crippen molar-refractivity contribution in [1.82, 2.24) is 5.32 Å². The molecule has 0 amide bonds. The third-order valence-corrected chi connectivity index (χ3v) is 2.25. The van der Waals surface area contributed by atoms with Gasteiger partial charge in [-0.2, -0.15) is 0 Å². The summed E-state index contributed by atoms with van der Waals surface area (Å²) in [7, 11) is 3.58. The van der Waals surface area contributed by atoms with E-state index in [9.17, 15) is 0 Å². The van der Waals surface area contributed by atoms with Crippen LogP contribution in [0.4, 0.5) is 0 Å². The summed E-state index contributed by atoms with van der Waals surface area (Å²) in [6.07, 6.45) is 6.71. The molecule has 0 aromatic heterocycles. The number of ether oxygens (including phenoxy) is 1. The lowest BCUT2D eigenvalue weighted by atomic mass is 9.98. The number of amidine groups is 1. The highest BCUT2D eigenvalue weighted by Crippen LogP contribution is 2.20. The van der Waals surface area contributed by atoms with Crippen molar-refractivity contribution in [2.24, 2.45) is 4.99 Å². The summed E-state index contributed by atoms with van der Waals surface area (Å²) in [5.74, 6) is 0. The maximum absolute atomic E-state index is 5.63. The summed E-state index contributed by atoms with van der Waals surface area (Å²) in [4.78, 5) is 3.98. The number of hydrogen-bond donors (Lipinski definition) is 1. The minimum absolute atomic E-state index is 0.393. The SMILES string of the molecule is C/N=C(/NC)OC1CCCCC1.